The van der Waals surface area contributed by atoms with Gasteiger partial charge in [-0.05, 0) is 17.9 Å². The molecule has 124 valence electrons. The Morgan fingerprint density at radius 2 is 1.96 bits per heavy atom. The summed E-state index contributed by atoms with van der Waals surface area (Å²) >= 11 is 1.51. The van der Waals surface area contributed by atoms with Gasteiger partial charge in [-0.15, -0.1) is 11.3 Å². The summed E-state index contributed by atoms with van der Waals surface area (Å²) in [6.07, 6.45) is 1.97. The van der Waals surface area contributed by atoms with Gasteiger partial charge in [0, 0.05) is 25.2 Å². The van der Waals surface area contributed by atoms with Crippen molar-refractivity contribution in [2.45, 2.75) is 6.42 Å². The van der Waals surface area contributed by atoms with Gasteiger partial charge in [-0.2, -0.15) is 0 Å². The maximum atomic E-state index is 12.0. The van der Waals surface area contributed by atoms with Crippen molar-refractivity contribution in [1.82, 2.24) is 20.9 Å². The van der Waals surface area contributed by atoms with E-state index in [2.05, 4.69) is 20.9 Å². The number of aromatic nitrogens is 2. The molecule has 0 aliphatic heterocycles. The number of thiophene rings is 1. The van der Waals surface area contributed by atoms with Gasteiger partial charge in [-0.3, -0.25) is 9.59 Å². The van der Waals surface area contributed by atoms with E-state index in [1.165, 1.54) is 23.6 Å². The zero-order valence-electron chi connectivity index (χ0n) is 12.5. The van der Waals surface area contributed by atoms with E-state index < -0.39 is 0 Å². The van der Waals surface area contributed by atoms with E-state index in [0.29, 0.717) is 25.3 Å². The van der Waals surface area contributed by atoms with E-state index in [4.69, 9.17) is 9.05 Å². The van der Waals surface area contributed by atoms with Crippen LogP contribution in [-0.2, 0) is 0 Å². The van der Waals surface area contributed by atoms with Crippen molar-refractivity contribution in [2.24, 2.45) is 0 Å². The lowest BCUT2D eigenvalue weighted by molar-refractivity contribution is 0.0916. The minimum absolute atomic E-state index is 0.155. The Balaban J connectivity index is 1.39. The lowest BCUT2D eigenvalue weighted by atomic mass is 10.3. The van der Waals surface area contributed by atoms with E-state index in [0.717, 1.165) is 4.88 Å². The van der Waals surface area contributed by atoms with Crippen LogP contribution in [0.4, 0.5) is 0 Å². The second kappa shape index (κ2) is 7.55. The zero-order chi connectivity index (χ0) is 16.8. The average Bonchev–Trinajstić information content (AvgIpc) is 3.35. The summed E-state index contributed by atoms with van der Waals surface area (Å²) in [4.78, 5) is 24.5. The van der Waals surface area contributed by atoms with Crippen molar-refractivity contribution in [3.05, 3.63) is 47.3 Å². The fourth-order valence-electron chi connectivity index (χ4n) is 1.92. The number of amides is 2. The quantitative estimate of drug-likeness (QED) is 0.633. The largest absolute Gasteiger partial charge is 0.355 e. The summed E-state index contributed by atoms with van der Waals surface area (Å²) in [5.41, 5.74) is 0.226. The fourth-order valence-corrected chi connectivity index (χ4v) is 2.59. The highest BCUT2D eigenvalue weighted by Gasteiger charge is 2.14. The Morgan fingerprint density at radius 1 is 1.12 bits per heavy atom. The van der Waals surface area contributed by atoms with Crippen LogP contribution >= 0.6 is 11.3 Å². The van der Waals surface area contributed by atoms with Gasteiger partial charge in [0.05, 0.1) is 11.1 Å². The molecule has 0 unspecified atom stereocenters. The lowest BCUT2D eigenvalue weighted by Crippen LogP contribution is -2.29. The molecule has 3 heterocycles. The molecule has 2 N–H and O–H groups in total. The number of carbonyl (C=O) groups excluding carboxylic acids is 2. The summed E-state index contributed by atoms with van der Waals surface area (Å²) in [5.74, 6) is 0.0660. The van der Waals surface area contributed by atoms with E-state index >= 15 is 0 Å². The Labute approximate surface area is 140 Å². The molecule has 0 aliphatic rings. The van der Waals surface area contributed by atoms with E-state index in [9.17, 15) is 9.59 Å². The third kappa shape index (κ3) is 3.87. The lowest BCUT2D eigenvalue weighted by Gasteiger charge is -2.04. The third-order valence-corrected chi connectivity index (χ3v) is 3.98. The monoisotopic (exact) mass is 346 g/mol. The molecule has 0 radical (unpaired) electrons. The van der Waals surface area contributed by atoms with Crippen molar-refractivity contribution >= 4 is 23.2 Å². The smallest absolute Gasteiger partial charge is 0.289 e. The summed E-state index contributed by atoms with van der Waals surface area (Å²) in [6.45, 7) is 0.801. The minimum Gasteiger partial charge on any atom is -0.355 e. The van der Waals surface area contributed by atoms with Crippen LogP contribution in [0.1, 0.15) is 27.5 Å². The summed E-state index contributed by atoms with van der Waals surface area (Å²) < 4.78 is 9.89. The molecule has 0 saturated carbocycles. The van der Waals surface area contributed by atoms with Crippen LogP contribution in [0.2, 0.25) is 0 Å². The molecule has 24 heavy (non-hydrogen) atoms. The molecule has 0 atom stereocenters. The summed E-state index contributed by atoms with van der Waals surface area (Å²) in [5, 5.41) is 14.5. The fraction of sp³-hybridized carbons (Fsp3) is 0.200. The van der Waals surface area contributed by atoms with Gasteiger partial charge in [0.15, 0.2) is 11.5 Å². The normalized spacial score (nSPS) is 10.5. The van der Waals surface area contributed by atoms with Crippen LogP contribution in [-0.4, -0.2) is 35.2 Å². The van der Waals surface area contributed by atoms with Crippen molar-refractivity contribution in [3.63, 3.8) is 0 Å². The van der Waals surface area contributed by atoms with Crippen molar-refractivity contribution in [2.75, 3.05) is 13.1 Å². The van der Waals surface area contributed by atoms with Gasteiger partial charge in [0.1, 0.15) is 0 Å². The Morgan fingerprint density at radius 3 is 2.67 bits per heavy atom. The Bertz CT molecular complexity index is 795. The molecular weight excluding hydrogens is 332 g/mol. The topological polar surface area (TPSA) is 110 Å². The van der Waals surface area contributed by atoms with Crippen molar-refractivity contribution in [3.8, 4) is 10.6 Å². The molecule has 3 rings (SSSR count). The molecule has 9 heteroatoms. The van der Waals surface area contributed by atoms with E-state index in [1.807, 2.05) is 17.5 Å². The SMILES string of the molecule is O=C(NCCCNC(=O)c1ccno1)c1cc(-c2cccs2)on1. The van der Waals surface area contributed by atoms with Gasteiger partial charge >= 0.3 is 0 Å². The zero-order valence-corrected chi connectivity index (χ0v) is 13.3. The number of nitrogens with one attached hydrogen (secondary N) is 2. The highest BCUT2D eigenvalue weighted by Crippen LogP contribution is 2.24. The maximum Gasteiger partial charge on any atom is 0.289 e. The molecule has 8 nitrogen and oxygen atoms in total. The second-order valence-corrected chi connectivity index (χ2v) is 5.74. The molecule has 0 spiro atoms. The van der Waals surface area contributed by atoms with Crippen molar-refractivity contribution < 1.29 is 18.6 Å². The minimum atomic E-state index is -0.337. The highest BCUT2D eigenvalue weighted by atomic mass is 32.1. The number of carbonyl (C=O) groups is 2. The van der Waals surface area contributed by atoms with Gasteiger partial charge in [-0.1, -0.05) is 16.4 Å². The standard InChI is InChI=1S/C15H14N4O4S/c20-14(10-9-12(23-19-10)13-3-1-8-24-13)16-5-2-6-17-15(21)11-4-7-18-22-11/h1,3-4,7-9H,2,5-6H2,(H,16,20)(H,17,21). The Hall–Kier alpha value is -2.94. The van der Waals surface area contributed by atoms with Gasteiger partial charge in [0.25, 0.3) is 11.8 Å². The molecule has 0 aliphatic carbocycles. The molecule has 3 aromatic heterocycles. The van der Waals surface area contributed by atoms with Crippen LogP contribution in [0.5, 0.6) is 0 Å². The first-order valence-corrected chi connectivity index (χ1v) is 8.09. The molecule has 0 aromatic carbocycles. The van der Waals surface area contributed by atoms with Crippen LogP contribution in [0.3, 0.4) is 0 Å². The number of nitrogens with zero attached hydrogens (tertiary/aromatic N) is 2. The third-order valence-electron chi connectivity index (χ3n) is 3.09. The molecular formula is C15H14N4O4S. The Kier molecular flexibility index (Phi) is 5.02. The van der Waals surface area contributed by atoms with E-state index in [1.54, 1.807) is 6.07 Å². The summed E-state index contributed by atoms with van der Waals surface area (Å²) in [7, 11) is 0. The first-order chi connectivity index (χ1) is 11.7. The number of rotatable bonds is 7. The first kappa shape index (κ1) is 15.9. The first-order valence-electron chi connectivity index (χ1n) is 7.22. The van der Waals surface area contributed by atoms with Crippen LogP contribution in [0, 0.1) is 0 Å². The molecule has 0 fully saturated rings. The van der Waals surface area contributed by atoms with Gasteiger partial charge < -0.3 is 19.7 Å². The summed E-state index contributed by atoms with van der Waals surface area (Å²) in [6, 6.07) is 6.87. The van der Waals surface area contributed by atoms with Crippen LogP contribution in [0.25, 0.3) is 10.6 Å². The molecule has 3 aromatic rings. The van der Waals surface area contributed by atoms with Gasteiger partial charge in [-0.25, -0.2) is 0 Å². The predicted octanol–water partition coefficient (Wildman–Crippen LogP) is 1.94. The second-order valence-electron chi connectivity index (χ2n) is 4.80. The highest BCUT2D eigenvalue weighted by molar-refractivity contribution is 7.13. The van der Waals surface area contributed by atoms with Gasteiger partial charge in [0.2, 0.25) is 5.76 Å². The maximum absolute atomic E-state index is 12.0. The molecule has 0 saturated heterocycles. The van der Waals surface area contributed by atoms with E-state index in [-0.39, 0.29) is 23.3 Å². The predicted molar refractivity (Wildman–Crippen MR) is 85.6 cm³/mol. The average molecular weight is 346 g/mol. The number of hydrogen-bond donors (Lipinski definition) is 2. The number of hydrogen-bond acceptors (Lipinski definition) is 7. The molecule has 2 amide bonds. The molecule has 0 bridgehead atoms. The van der Waals surface area contributed by atoms with Crippen LogP contribution in [0.15, 0.2) is 44.9 Å². The van der Waals surface area contributed by atoms with Crippen molar-refractivity contribution in [1.29, 1.82) is 0 Å². The van der Waals surface area contributed by atoms with Crippen LogP contribution < -0.4 is 10.6 Å².